The van der Waals surface area contributed by atoms with E-state index >= 15 is 0 Å². The van der Waals surface area contributed by atoms with Crippen LogP contribution >= 0.6 is 23.2 Å². The Hall–Kier alpha value is -0.910. The Kier molecular flexibility index (Phi) is 3.60. The highest BCUT2D eigenvalue weighted by Crippen LogP contribution is 2.24. The number of halogens is 2. The number of rotatable bonds is 1. The minimum Gasteiger partial charge on any atom is -0.336 e. The molecule has 0 saturated carbocycles. The fourth-order valence-corrected chi connectivity index (χ4v) is 3.17. The molecule has 1 amide bonds. The van der Waals surface area contributed by atoms with Crippen molar-refractivity contribution in [1.82, 2.24) is 20.0 Å². The lowest BCUT2D eigenvalue weighted by molar-refractivity contribution is 0.0571. The van der Waals surface area contributed by atoms with Crippen molar-refractivity contribution < 1.29 is 4.79 Å². The molecule has 0 aromatic carbocycles. The average molecular weight is 301 g/mol. The second-order valence-corrected chi connectivity index (χ2v) is 5.70. The zero-order valence-electron chi connectivity index (χ0n) is 10.4. The molecule has 102 valence electrons. The van der Waals surface area contributed by atoms with E-state index in [0.29, 0.717) is 11.6 Å². The molecule has 2 saturated heterocycles. The number of fused-ring (bicyclic) bond motifs is 1. The number of carbonyl (C=O) groups excluding carboxylic acids is 1. The van der Waals surface area contributed by atoms with Crippen LogP contribution in [0, 0.1) is 0 Å². The molecule has 1 atom stereocenters. The molecule has 0 aliphatic carbocycles. The second-order valence-electron chi connectivity index (χ2n) is 4.95. The summed E-state index contributed by atoms with van der Waals surface area (Å²) < 4.78 is 0. The number of amides is 1. The molecule has 1 aromatic heterocycles. The van der Waals surface area contributed by atoms with Crippen molar-refractivity contribution >= 4 is 29.1 Å². The average Bonchev–Trinajstić information content (AvgIpc) is 2.88. The Labute approximate surface area is 121 Å². The first-order valence-corrected chi connectivity index (χ1v) is 7.13. The molecule has 7 heteroatoms. The lowest BCUT2D eigenvalue weighted by Crippen LogP contribution is -2.52. The third-order valence-electron chi connectivity index (χ3n) is 3.82. The van der Waals surface area contributed by atoms with Gasteiger partial charge in [0.25, 0.3) is 5.91 Å². The summed E-state index contributed by atoms with van der Waals surface area (Å²) in [7, 11) is 0. The Bertz CT molecular complexity index is 511. The zero-order chi connectivity index (χ0) is 13.4. The van der Waals surface area contributed by atoms with Gasteiger partial charge in [0.15, 0.2) is 10.3 Å². The van der Waals surface area contributed by atoms with Gasteiger partial charge in [-0.25, -0.2) is 0 Å². The van der Waals surface area contributed by atoms with E-state index in [4.69, 9.17) is 23.2 Å². The molecule has 2 aliphatic heterocycles. The van der Waals surface area contributed by atoms with Gasteiger partial charge in [0, 0.05) is 25.7 Å². The van der Waals surface area contributed by atoms with Crippen LogP contribution in [0.5, 0.6) is 0 Å². The van der Waals surface area contributed by atoms with Crippen LogP contribution in [0.1, 0.15) is 23.2 Å². The van der Waals surface area contributed by atoms with E-state index in [1.807, 2.05) is 4.90 Å². The molecule has 0 N–H and O–H groups in total. The molecule has 1 aromatic rings. The van der Waals surface area contributed by atoms with E-state index in [2.05, 4.69) is 15.1 Å². The van der Waals surface area contributed by atoms with Gasteiger partial charge in [-0.1, -0.05) is 23.2 Å². The highest BCUT2D eigenvalue weighted by atomic mass is 35.5. The van der Waals surface area contributed by atoms with E-state index in [1.54, 1.807) is 0 Å². The number of carbonyl (C=O) groups is 1. The number of piperazine rings is 1. The van der Waals surface area contributed by atoms with Gasteiger partial charge in [-0.05, 0) is 25.5 Å². The van der Waals surface area contributed by atoms with Crippen LogP contribution in [-0.2, 0) is 0 Å². The topological polar surface area (TPSA) is 49.3 Å². The summed E-state index contributed by atoms with van der Waals surface area (Å²) in [6.07, 6.45) is 2.38. The minimum atomic E-state index is -0.103. The first kappa shape index (κ1) is 13.1. The summed E-state index contributed by atoms with van der Waals surface area (Å²) in [5.74, 6) is -0.103. The summed E-state index contributed by atoms with van der Waals surface area (Å²) in [6, 6.07) is 1.97. The first-order valence-electron chi connectivity index (χ1n) is 6.37. The van der Waals surface area contributed by atoms with E-state index in [-0.39, 0.29) is 16.2 Å². The molecule has 0 spiro atoms. The van der Waals surface area contributed by atoms with E-state index in [0.717, 1.165) is 32.6 Å². The highest BCUT2D eigenvalue weighted by molar-refractivity contribution is 6.34. The van der Waals surface area contributed by atoms with E-state index in [1.165, 1.54) is 12.5 Å². The van der Waals surface area contributed by atoms with Gasteiger partial charge >= 0.3 is 0 Å². The molecule has 2 aliphatic rings. The van der Waals surface area contributed by atoms with Crippen molar-refractivity contribution in [3.8, 4) is 0 Å². The van der Waals surface area contributed by atoms with Crippen molar-refractivity contribution in [3.05, 3.63) is 21.9 Å². The minimum absolute atomic E-state index is 0.103. The van der Waals surface area contributed by atoms with Gasteiger partial charge in [-0.2, -0.15) is 0 Å². The van der Waals surface area contributed by atoms with Crippen LogP contribution in [0.25, 0.3) is 0 Å². The summed E-state index contributed by atoms with van der Waals surface area (Å²) >= 11 is 11.7. The maximum Gasteiger partial charge on any atom is 0.257 e. The lowest BCUT2D eigenvalue weighted by atomic mass is 10.1. The van der Waals surface area contributed by atoms with Gasteiger partial charge in [-0.15, -0.1) is 10.2 Å². The van der Waals surface area contributed by atoms with Crippen LogP contribution < -0.4 is 0 Å². The van der Waals surface area contributed by atoms with Crippen molar-refractivity contribution in [1.29, 1.82) is 0 Å². The SMILES string of the molecule is O=C(c1cc(Cl)nnc1Cl)N1CCN2CCCC2C1. The molecule has 3 rings (SSSR count). The van der Waals surface area contributed by atoms with Gasteiger partial charge in [-0.3, -0.25) is 9.69 Å². The summed E-state index contributed by atoms with van der Waals surface area (Å²) in [4.78, 5) is 16.7. The molecular formula is C12H14Cl2N4O. The fourth-order valence-electron chi connectivity index (χ4n) is 2.85. The largest absolute Gasteiger partial charge is 0.336 e. The zero-order valence-corrected chi connectivity index (χ0v) is 11.9. The second kappa shape index (κ2) is 5.23. The van der Waals surface area contributed by atoms with Gasteiger partial charge in [0.2, 0.25) is 0 Å². The lowest BCUT2D eigenvalue weighted by Gasteiger charge is -2.37. The molecule has 5 nitrogen and oxygen atoms in total. The quantitative estimate of drug-likeness (QED) is 0.792. The van der Waals surface area contributed by atoms with Gasteiger partial charge < -0.3 is 4.90 Å². The molecule has 1 unspecified atom stereocenters. The first-order chi connectivity index (χ1) is 9.15. The predicted molar refractivity (Wildman–Crippen MR) is 72.6 cm³/mol. The van der Waals surface area contributed by atoms with Crippen LogP contribution in [0.15, 0.2) is 6.07 Å². The van der Waals surface area contributed by atoms with E-state index in [9.17, 15) is 4.79 Å². The standard InChI is InChI=1S/C12H14Cl2N4O/c13-10-6-9(11(14)16-15-10)12(19)18-5-4-17-3-1-2-8(17)7-18/h6,8H,1-5,7H2. The van der Waals surface area contributed by atoms with Crippen LogP contribution in [0.2, 0.25) is 10.3 Å². The summed E-state index contributed by atoms with van der Waals surface area (Å²) in [5.41, 5.74) is 0.341. The van der Waals surface area contributed by atoms with Crippen molar-refractivity contribution in [3.63, 3.8) is 0 Å². The number of hydrogen-bond donors (Lipinski definition) is 0. The normalized spacial score (nSPS) is 23.5. The molecule has 3 heterocycles. The van der Waals surface area contributed by atoms with Gasteiger partial charge in [0.1, 0.15) is 0 Å². The van der Waals surface area contributed by atoms with Crippen molar-refractivity contribution in [2.45, 2.75) is 18.9 Å². The fraction of sp³-hybridized carbons (Fsp3) is 0.583. The van der Waals surface area contributed by atoms with Crippen molar-refractivity contribution in [2.75, 3.05) is 26.2 Å². The number of nitrogens with zero attached hydrogens (tertiary/aromatic N) is 4. The summed E-state index contributed by atoms with van der Waals surface area (Å²) in [5, 5.41) is 7.61. The molecule has 0 bridgehead atoms. The van der Waals surface area contributed by atoms with E-state index < -0.39 is 0 Å². The maximum absolute atomic E-state index is 12.5. The number of aromatic nitrogens is 2. The monoisotopic (exact) mass is 300 g/mol. The molecule has 19 heavy (non-hydrogen) atoms. The third kappa shape index (κ3) is 2.55. The third-order valence-corrected chi connectivity index (χ3v) is 4.29. The molecular weight excluding hydrogens is 287 g/mol. The van der Waals surface area contributed by atoms with Crippen LogP contribution in [0.3, 0.4) is 0 Å². The van der Waals surface area contributed by atoms with Crippen LogP contribution in [-0.4, -0.2) is 58.1 Å². The Morgan fingerprint density at radius 2 is 2.11 bits per heavy atom. The van der Waals surface area contributed by atoms with Crippen molar-refractivity contribution in [2.24, 2.45) is 0 Å². The van der Waals surface area contributed by atoms with Gasteiger partial charge in [0.05, 0.1) is 5.56 Å². The molecule has 2 fully saturated rings. The Balaban J connectivity index is 1.78. The Morgan fingerprint density at radius 1 is 1.26 bits per heavy atom. The number of hydrogen-bond acceptors (Lipinski definition) is 4. The highest BCUT2D eigenvalue weighted by Gasteiger charge is 2.33. The maximum atomic E-state index is 12.5. The summed E-state index contributed by atoms with van der Waals surface area (Å²) in [6.45, 7) is 3.57. The predicted octanol–water partition coefficient (Wildman–Crippen LogP) is 1.70. The smallest absolute Gasteiger partial charge is 0.257 e. The molecule has 0 radical (unpaired) electrons. The Morgan fingerprint density at radius 3 is 2.95 bits per heavy atom. The van der Waals surface area contributed by atoms with Crippen LogP contribution in [0.4, 0.5) is 0 Å².